The molecule has 0 aliphatic rings. The second-order valence-corrected chi connectivity index (χ2v) is 5.50. The maximum atomic E-state index is 11.3. The second-order valence-electron chi connectivity index (χ2n) is 5.09. The molecule has 0 aromatic heterocycles. The van der Waals surface area contributed by atoms with E-state index in [1.807, 2.05) is 43.0 Å². The van der Waals surface area contributed by atoms with E-state index in [0.717, 1.165) is 11.3 Å². The van der Waals surface area contributed by atoms with Gasteiger partial charge in [0.05, 0.1) is 15.6 Å². The lowest BCUT2D eigenvalue weighted by Crippen LogP contribution is -2.18. The zero-order valence-corrected chi connectivity index (χ0v) is 13.2. The van der Waals surface area contributed by atoms with Crippen molar-refractivity contribution in [3.05, 3.63) is 75.3 Å². The largest absolute Gasteiger partial charge is 0.331 e. The van der Waals surface area contributed by atoms with Crippen molar-refractivity contribution in [3.63, 3.8) is 0 Å². The number of hydrogen-bond donors (Lipinski definition) is 0. The van der Waals surface area contributed by atoms with Crippen LogP contribution in [0, 0.1) is 10.1 Å². The smallest absolute Gasteiger partial charge is 0.292 e. The SMILES string of the molecule is CC(C)=CCN(c1ccccc1Cl)c1ccccc1[N+](=O)[O-]. The summed E-state index contributed by atoms with van der Waals surface area (Å²) in [5.41, 5.74) is 2.47. The molecule has 2 aromatic rings. The van der Waals surface area contributed by atoms with Crippen molar-refractivity contribution in [3.8, 4) is 0 Å². The lowest BCUT2D eigenvalue weighted by Gasteiger charge is -2.24. The minimum absolute atomic E-state index is 0.0598. The van der Waals surface area contributed by atoms with Crippen LogP contribution in [0.25, 0.3) is 0 Å². The third-order valence-corrected chi connectivity index (χ3v) is 3.51. The number of benzene rings is 2. The van der Waals surface area contributed by atoms with Gasteiger partial charge < -0.3 is 4.90 Å². The van der Waals surface area contributed by atoms with E-state index >= 15 is 0 Å². The highest BCUT2D eigenvalue weighted by molar-refractivity contribution is 6.33. The van der Waals surface area contributed by atoms with E-state index in [1.165, 1.54) is 6.07 Å². The fraction of sp³-hybridized carbons (Fsp3) is 0.176. The second kappa shape index (κ2) is 7.09. The molecule has 2 rings (SSSR count). The van der Waals surface area contributed by atoms with Crippen LogP contribution in [-0.4, -0.2) is 11.5 Å². The molecule has 0 unspecified atom stereocenters. The van der Waals surface area contributed by atoms with Crippen LogP contribution in [0.2, 0.25) is 5.02 Å². The standard InChI is InChI=1S/C17H17ClN2O2/c1-13(2)11-12-19(15-8-4-3-7-14(15)18)16-9-5-6-10-17(16)20(21)22/h3-11H,12H2,1-2H3. The Morgan fingerprint density at radius 3 is 2.32 bits per heavy atom. The first-order valence-electron chi connectivity index (χ1n) is 6.89. The van der Waals surface area contributed by atoms with E-state index in [1.54, 1.807) is 24.3 Å². The molecule has 0 heterocycles. The van der Waals surface area contributed by atoms with Crippen LogP contribution in [0.1, 0.15) is 13.8 Å². The van der Waals surface area contributed by atoms with Crippen molar-refractivity contribution in [1.29, 1.82) is 0 Å². The Bertz CT molecular complexity index is 709. The van der Waals surface area contributed by atoms with Crippen molar-refractivity contribution in [2.24, 2.45) is 0 Å². The molecular formula is C17H17ClN2O2. The number of anilines is 2. The van der Waals surface area contributed by atoms with Crippen molar-refractivity contribution in [2.75, 3.05) is 11.4 Å². The first kappa shape index (κ1) is 16.0. The fourth-order valence-electron chi connectivity index (χ4n) is 2.12. The summed E-state index contributed by atoms with van der Waals surface area (Å²) in [5.74, 6) is 0. The molecular weight excluding hydrogens is 300 g/mol. The molecule has 0 N–H and O–H groups in total. The summed E-state index contributed by atoms with van der Waals surface area (Å²) in [6.07, 6.45) is 2.01. The maximum Gasteiger partial charge on any atom is 0.292 e. The average Bonchev–Trinajstić information content (AvgIpc) is 2.49. The van der Waals surface area contributed by atoms with Gasteiger partial charge in [0.15, 0.2) is 0 Å². The Hall–Kier alpha value is -2.33. The van der Waals surface area contributed by atoms with Crippen molar-refractivity contribution in [2.45, 2.75) is 13.8 Å². The monoisotopic (exact) mass is 316 g/mol. The molecule has 0 atom stereocenters. The highest BCUT2D eigenvalue weighted by atomic mass is 35.5. The van der Waals surface area contributed by atoms with Crippen LogP contribution < -0.4 is 4.90 Å². The van der Waals surface area contributed by atoms with Crippen LogP contribution in [-0.2, 0) is 0 Å². The van der Waals surface area contributed by atoms with E-state index in [2.05, 4.69) is 0 Å². The van der Waals surface area contributed by atoms with Crippen LogP contribution in [0.5, 0.6) is 0 Å². The molecule has 0 amide bonds. The summed E-state index contributed by atoms with van der Waals surface area (Å²) in [6.45, 7) is 4.49. The first-order chi connectivity index (χ1) is 10.5. The third-order valence-electron chi connectivity index (χ3n) is 3.19. The van der Waals surface area contributed by atoms with Gasteiger partial charge in [0, 0.05) is 12.6 Å². The number of halogens is 1. The van der Waals surface area contributed by atoms with E-state index in [-0.39, 0.29) is 10.6 Å². The molecule has 0 fully saturated rings. The third kappa shape index (κ3) is 3.65. The topological polar surface area (TPSA) is 46.4 Å². The Morgan fingerprint density at radius 2 is 1.73 bits per heavy atom. The van der Waals surface area contributed by atoms with E-state index in [9.17, 15) is 10.1 Å². The summed E-state index contributed by atoms with van der Waals surface area (Å²) in [6, 6.07) is 14.0. The van der Waals surface area contributed by atoms with Crippen LogP contribution in [0.15, 0.2) is 60.2 Å². The predicted octanol–water partition coefficient (Wildman–Crippen LogP) is 5.35. The molecule has 0 spiro atoms. The van der Waals surface area contributed by atoms with Crippen LogP contribution in [0.3, 0.4) is 0 Å². The number of para-hydroxylation sites is 3. The Morgan fingerprint density at radius 1 is 1.14 bits per heavy atom. The molecule has 22 heavy (non-hydrogen) atoms. The molecule has 0 saturated heterocycles. The Labute approximate surface area is 134 Å². The molecule has 0 saturated carbocycles. The minimum atomic E-state index is -0.373. The highest BCUT2D eigenvalue weighted by Crippen LogP contribution is 2.36. The Kier molecular flexibility index (Phi) is 5.17. The first-order valence-corrected chi connectivity index (χ1v) is 7.27. The quantitative estimate of drug-likeness (QED) is 0.424. The van der Waals surface area contributed by atoms with Gasteiger partial charge in [-0.25, -0.2) is 0 Å². The van der Waals surface area contributed by atoms with Gasteiger partial charge in [-0.2, -0.15) is 0 Å². The van der Waals surface area contributed by atoms with Gasteiger partial charge in [-0.3, -0.25) is 10.1 Å². The van der Waals surface area contributed by atoms with Gasteiger partial charge in [-0.15, -0.1) is 0 Å². The molecule has 4 nitrogen and oxygen atoms in total. The lowest BCUT2D eigenvalue weighted by atomic mass is 10.2. The maximum absolute atomic E-state index is 11.3. The van der Waals surface area contributed by atoms with Gasteiger partial charge in [0.2, 0.25) is 0 Å². The van der Waals surface area contributed by atoms with Crippen molar-refractivity contribution >= 4 is 28.7 Å². The summed E-state index contributed by atoms with van der Waals surface area (Å²) in [4.78, 5) is 12.8. The van der Waals surface area contributed by atoms with Gasteiger partial charge in [-0.05, 0) is 32.0 Å². The zero-order chi connectivity index (χ0) is 16.1. The summed E-state index contributed by atoms with van der Waals surface area (Å²) in [7, 11) is 0. The zero-order valence-electron chi connectivity index (χ0n) is 12.5. The molecule has 0 bridgehead atoms. The van der Waals surface area contributed by atoms with Crippen LogP contribution >= 0.6 is 11.6 Å². The number of hydrogen-bond acceptors (Lipinski definition) is 3. The van der Waals surface area contributed by atoms with Crippen LogP contribution in [0.4, 0.5) is 17.1 Å². The van der Waals surface area contributed by atoms with Gasteiger partial charge in [0.25, 0.3) is 5.69 Å². The number of nitro benzene ring substituents is 1. The van der Waals surface area contributed by atoms with E-state index in [4.69, 9.17) is 11.6 Å². The Balaban J connectivity index is 2.57. The fourth-order valence-corrected chi connectivity index (χ4v) is 2.36. The van der Waals surface area contributed by atoms with Crippen molar-refractivity contribution < 1.29 is 4.92 Å². The molecule has 114 valence electrons. The molecule has 0 aliphatic carbocycles. The van der Waals surface area contributed by atoms with E-state index in [0.29, 0.717) is 17.3 Å². The van der Waals surface area contributed by atoms with Gasteiger partial charge in [0.1, 0.15) is 5.69 Å². The molecule has 2 aromatic carbocycles. The number of nitrogens with zero attached hydrogens (tertiary/aromatic N) is 2. The normalized spacial score (nSPS) is 10.1. The summed E-state index contributed by atoms with van der Waals surface area (Å²) >= 11 is 6.28. The van der Waals surface area contributed by atoms with Gasteiger partial charge in [-0.1, -0.05) is 47.5 Å². The molecule has 0 radical (unpaired) electrons. The van der Waals surface area contributed by atoms with Gasteiger partial charge >= 0.3 is 0 Å². The number of nitro groups is 1. The lowest BCUT2D eigenvalue weighted by molar-refractivity contribution is -0.384. The summed E-state index contributed by atoms with van der Waals surface area (Å²) < 4.78 is 0. The summed E-state index contributed by atoms with van der Waals surface area (Å²) in [5, 5.41) is 11.9. The molecule has 0 aliphatic heterocycles. The molecule has 5 heteroatoms. The van der Waals surface area contributed by atoms with Crippen molar-refractivity contribution in [1.82, 2.24) is 0 Å². The highest BCUT2D eigenvalue weighted by Gasteiger charge is 2.20. The minimum Gasteiger partial charge on any atom is -0.331 e. The number of allylic oxidation sites excluding steroid dienone is 1. The average molecular weight is 317 g/mol. The predicted molar refractivity (Wildman–Crippen MR) is 91.0 cm³/mol. The van der Waals surface area contributed by atoms with E-state index < -0.39 is 0 Å². The number of rotatable bonds is 5.